The van der Waals surface area contributed by atoms with Gasteiger partial charge >= 0.3 is 5.97 Å². The number of aliphatic carboxylic acids is 1. The van der Waals surface area contributed by atoms with E-state index in [0.29, 0.717) is 24.3 Å². The van der Waals surface area contributed by atoms with E-state index in [-0.39, 0.29) is 0 Å². The van der Waals surface area contributed by atoms with Crippen LogP contribution in [0, 0.1) is 17.2 Å². The standard InChI is InChI=1S/C13H14N2O3/c1-18-11-5-3-2-4-10(11)15-13(8-14)6-9(7-13)12(16)17/h2-5,9,15H,6-7H2,1H3,(H,16,17). The molecule has 1 aliphatic carbocycles. The summed E-state index contributed by atoms with van der Waals surface area (Å²) in [5.41, 5.74) is -0.0806. The lowest BCUT2D eigenvalue weighted by molar-refractivity contribution is -0.145. The van der Waals surface area contributed by atoms with Crippen LogP contribution in [0.15, 0.2) is 24.3 Å². The van der Waals surface area contributed by atoms with Crippen molar-refractivity contribution >= 4 is 11.7 Å². The van der Waals surface area contributed by atoms with Gasteiger partial charge < -0.3 is 15.2 Å². The first kappa shape index (κ1) is 12.2. The van der Waals surface area contributed by atoms with Crippen LogP contribution in [0.2, 0.25) is 0 Å². The number of ether oxygens (including phenoxy) is 1. The molecule has 94 valence electrons. The molecular weight excluding hydrogens is 232 g/mol. The predicted molar refractivity (Wildman–Crippen MR) is 65.3 cm³/mol. The van der Waals surface area contributed by atoms with Crippen molar-refractivity contribution in [2.45, 2.75) is 18.4 Å². The molecule has 2 rings (SSSR count). The van der Waals surface area contributed by atoms with E-state index in [9.17, 15) is 10.1 Å². The van der Waals surface area contributed by atoms with Crippen LogP contribution in [0.1, 0.15) is 12.8 Å². The third-order valence-electron chi connectivity index (χ3n) is 3.23. The zero-order valence-corrected chi connectivity index (χ0v) is 10.0. The molecule has 1 fully saturated rings. The first-order valence-corrected chi connectivity index (χ1v) is 5.65. The molecule has 0 heterocycles. The number of anilines is 1. The van der Waals surface area contributed by atoms with E-state index in [0.717, 1.165) is 0 Å². The number of carboxylic acid groups (broad SMARTS) is 1. The summed E-state index contributed by atoms with van der Waals surface area (Å²) in [5, 5.41) is 21.2. The van der Waals surface area contributed by atoms with Crippen molar-refractivity contribution in [2.75, 3.05) is 12.4 Å². The van der Waals surface area contributed by atoms with E-state index in [1.54, 1.807) is 13.2 Å². The minimum Gasteiger partial charge on any atom is -0.495 e. The van der Waals surface area contributed by atoms with Crippen molar-refractivity contribution in [3.8, 4) is 11.8 Å². The van der Waals surface area contributed by atoms with Gasteiger partial charge in [-0.3, -0.25) is 4.79 Å². The maximum absolute atomic E-state index is 10.8. The van der Waals surface area contributed by atoms with Crippen molar-refractivity contribution in [2.24, 2.45) is 5.92 Å². The van der Waals surface area contributed by atoms with Gasteiger partial charge in [-0.05, 0) is 25.0 Å². The zero-order chi connectivity index (χ0) is 13.2. The molecule has 1 aromatic rings. The normalized spacial score (nSPS) is 25.7. The third-order valence-corrected chi connectivity index (χ3v) is 3.23. The number of rotatable bonds is 4. The van der Waals surface area contributed by atoms with Gasteiger partial charge in [0.05, 0.1) is 24.8 Å². The lowest BCUT2D eigenvalue weighted by Crippen LogP contribution is -2.51. The SMILES string of the molecule is COc1ccccc1NC1(C#N)CC(C(=O)O)C1. The van der Waals surface area contributed by atoms with E-state index >= 15 is 0 Å². The van der Waals surface area contributed by atoms with E-state index in [4.69, 9.17) is 9.84 Å². The molecule has 5 heteroatoms. The van der Waals surface area contributed by atoms with E-state index in [1.165, 1.54) is 0 Å². The molecule has 5 nitrogen and oxygen atoms in total. The molecule has 2 N–H and O–H groups in total. The molecule has 1 aromatic carbocycles. The van der Waals surface area contributed by atoms with E-state index < -0.39 is 17.4 Å². The Labute approximate surface area is 105 Å². The Kier molecular flexibility index (Phi) is 3.11. The van der Waals surface area contributed by atoms with Crippen molar-refractivity contribution < 1.29 is 14.6 Å². The summed E-state index contributed by atoms with van der Waals surface area (Å²) in [4.78, 5) is 10.8. The van der Waals surface area contributed by atoms with Crippen LogP contribution in [-0.4, -0.2) is 23.7 Å². The number of methoxy groups -OCH3 is 1. The fourth-order valence-corrected chi connectivity index (χ4v) is 2.18. The van der Waals surface area contributed by atoms with Gasteiger partial charge in [0.1, 0.15) is 11.3 Å². The van der Waals surface area contributed by atoms with Crippen LogP contribution in [0.5, 0.6) is 5.75 Å². The molecule has 0 saturated heterocycles. The minimum atomic E-state index is -0.845. The molecule has 0 aliphatic heterocycles. The number of carbonyl (C=O) groups is 1. The first-order valence-electron chi connectivity index (χ1n) is 5.65. The van der Waals surface area contributed by atoms with Crippen LogP contribution in [-0.2, 0) is 4.79 Å². The maximum atomic E-state index is 10.8. The Hall–Kier alpha value is -2.22. The second-order valence-electron chi connectivity index (χ2n) is 4.46. The molecule has 1 aliphatic rings. The van der Waals surface area contributed by atoms with Gasteiger partial charge in [-0.2, -0.15) is 5.26 Å². The molecule has 0 atom stereocenters. The lowest BCUT2D eigenvalue weighted by Gasteiger charge is -2.41. The van der Waals surface area contributed by atoms with Crippen molar-refractivity contribution in [3.63, 3.8) is 0 Å². The minimum absolute atomic E-state index is 0.316. The zero-order valence-electron chi connectivity index (χ0n) is 10.0. The van der Waals surface area contributed by atoms with Crippen molar-refractivity contribution in [3.05, 3.63) is 24.3 Å². The Morgan fingerprint density at radius 1 is 1.56 bits per heavy atom. The molecule has 0 radical (unpaired) electrons. The molecule has 1 saturated carbocycles. The van der Waals surface area contributed by atoms with E-state index in [2.05, 4.69) is 11.4 Å². The second-order valence-corrected chi connectivity index (χ2v) is 4.46. The number of hydrogen-bond donors (Lipinski definition) is 2. The van der Waals surface area contributed by atoms with Gasteiger partial charge in [0, 0.05) is 0 Å². The van der Waals surface area contributed by atoms with Crippen LogP contribution in [0.4, 0.5) is 5.69 Å². The molecule has 0 aromatic heterocycles. The summed E-state index contributed by atoms with van der Waals surface area (Å²) in [5.74, 6) is -0.638. The Bertz CT molecular complexity index is 501. The fraction of sp³-hybridized carbons (Fsp3) is 0.385. The average Bonchev–Trinajstić information content (AvgIpc) is 2.33. The lowest BCUT2D eigenvalue weighted by atomic mass is 9.69. The molecule has 18 heavy (non-hydrogen) atoms. The molecular formula is C13H14N2O3. The highest BCUT2D eigenvalue weighted by molar-refractivity contribution is 5.73. The second kappa shape index (κ2) is 4.57. The molecule has 0 unspecified atom stereocenters. The Morgan fingerprint density at radius 2 is 2.22 bits per heavy atom. The van der Waals surface area contributed by atoms with Gasteiger partial charge in [0.25, 0.3) is 0 Å². The van der Waals surface area contributed by atoms with Crippen molar-refractivity contribution in [1.82, 2.24) is 0 Å². The van der Waals surface area contributed by atoms with Gasteiger partial charge in [-0.1, -0.05) is 12.1 Å². The summed E-state index contributed by atoms with van der Waals surface area (Å²) < 4.78 is 5.19. The number of nitrogens with zero attached hydrogens (tertiary/aromatic N) is 1. The Balaban J connectivity index is 2.14. The highest BCUT2D eigenvalue weighted by atomic mass is 16.5. The van der Waals surface area contributed by atoms with Gasteiger partial charge in [-0.15, -0.1) is 0 Å². The first-order chi connectivity index (χ1) is 8.60. The molecule has 0 spiro atoms. The highest BCUT2D eigenvalue weighted by Crippen LogP contribution is 2.41. The Morgan fingerprint density at radius 3 is 2.78 bits per heavy atom. The topological polar surface area (TPSA) is 82.3 Å². The average molecular weight is 246 g/mol. The van der Waals surface area contributed by atoms with Gasteiger partial charge in [0.2, 0.25) is 0 Å². The number of nitriles is 1. The fourth-order valence-electron chi connectivity index (χ4n) is 2.18. The van der Waals surface area contributed by atoms with Gasteiger partial charge in [0.15, 0.2) is 0 Å². The predicted octanol–water partition coefficient (Wildman–Crippen LogP) is 1.86. The molecule has 0 bridgehead atoms. The van der Waals surface area contributed by atoms with Gasteiger partial charge in [-0.25, -0.2) is 0 Å². The maximum Gasteiger partial charge on any atom is 0.306 e. The van der Waals surface area contributed by atoms with Crippen LogP contribution < -0.4 is 10.1 Å². The van der Waals surface area contributed by atoms with Crippen LogP contribution in [0.3, 0.4) is 0 Å². The number of benzene rings is 1. The smallest absolute Gasteiger partial charge is 0.306 e. The summed E-state index contributed by atoms with van der Waals surface area (Å²) in [7, 11) is 1.56. The number of nitrogens with one attached hydrogen (secondary N) is 1. The number of para-hydroxylation sites is 2. The van der Waals surface area contributed by atoms with Crippen LogP contribution in [0.25, 0.3) is 0 Å². The summed E-state index contributed by atoms with van der Waals surface area (Å²) in [6, 6.07) is 9.45. The highest BCUT2D eigenvalue weighted by Gasteiger charge is 2.48. The van der Waals surface area contributed by atoms with Crippen molar-refractivity contribution in [1.29, 1.82) is 5.26 Å². The van der Waals surface area contributed by atoms with Crippen LogP contribution >= 0.6 is 0 Å². The summed E-state index contributed by atoms with van der Waals surface area (Å²) in [6.07, 6.45) is 0.633. The summed E-state index contributed by atoms with van der Waals surface area (Å²) >= 11 is 0. The number of carboxylic acids is 1. The summed E-state index contributed by atoms with van der Waals surface area (Å²) in [6.45, 7) is 0. The van der Waals surface area contributed by atoms with E-state index in [1.807, 2.05) is 18.2 Å². The monoisotopic (exact) mass is 246 g/mol. The molecule has 0 amide bonds. The number of hydrogen-bond acceptors (Lipinski definition) is 4. The third kappa shape index (κ3) is 2.09. The quantitative estimate of drug-likeness (QED) is 0.847. The largest absolute Gasteiger partial charge is 0.495 e.